The van der Waals surface area contributed by atoms with Gasteiger partial charge < -0.3 is 5.32 Å². The fourth-order valence-electron chi connectivity index (χ4n) is 3.06. The van der Waals surface area contributed by atoms with E-state index in [-0.39, 0.29) is 0 Å². The predicted molar refractivity (Wildman–Crippen MR) is 67.4 cm³/mol. The van der Waals surface area contributed by atoms with Gasteiger partial charge in [0, 0.05) is 31.7 Å². The molecule has 0 aromatic heterocycles. The Labute approximate surface area is 99.1 Å². The Hall–Kier alpha value is -0.340. The Kier molecular flexibility index (Phi) is 3.03. The Morgan fingerprint density at radius 2 is 1.94 bits per heavy atom. The van der Waals surface area contributed by atoms with Crippen LogP contribution in [0.15, 0.2) is 12.2 Å². The second-order valence-electron chi connectivity index (χ2n) is 5.78. The molecule has 1 saturated heterocycles. The van der Waals surface area contributed by atoms with Gasteiger partial charge in [0.1, 0.15) is 0 Å². The van der Waals surface area contributed by atoms with E-state index in [9.17, 15) is 0 Å². The minimum absolute atomic E-state index is 0.792. The zero-order valence-electron chi connectivity index (χ0n) is 10.4. The van der Waals surface area contributed by atoms with Gasteiger partial charge in [0.2, 0.25) is 0 Å². The van der Waals surface area contributed by atoms with Crippen molar-refractivity contribution in [2.45, 2.75) is 44.7 Å². The van der Waals surface area contributed by atoms with Gasteiger partial charge in [0.15, 0.2) is 0 Å². The van der Waals surface area contributed by atoms with E-state index in [1.165, 1.54) is 45.3 Å². The average Bonchev–Trinajstić information content (AvgIpc) is 3.19. The number of piperazine rings is 1. The van der Waals surface area contributed by atoms with E-state index < -0.39 is 0 Å². The van der Waals surface area contributed by atoms with Crippen LogP contribution in [0, 0.1) is 11.8 Å². The molecule has 0 radical (unpaired) electrons. The number of nitrogens with zero attached hydrogens (tertiary/aromatic N) is 1. The largest absolute Gasteiger partial charge is 0.311 e. The molecule has 1 heterocycles. The molecule has 2 nitrogen and oxygen atoms in total. The zero-order chi connectivity index (χ0) is 11.0. The molecule has 1 N–H and O–H groups in total. The number of nitrogens with one attached hydrogen (secondary N) is 1. The summed E-state index contributed by atoms with van der Waals surface area (Å²) in [4.78, 5) is 2.73. The highest BCUT2D eigenvalue weighted by Crippen LogP contribution is 2.39. The van der Waals surface area contributed by atoms with E-state index in [2.05, 4.69) is 29.3 Å². The quantitative estimate of drug-likeness (QED) is 0.729. The van der Waals surface area contributed by atoms with Crippen molar-refractivity contribution in [3.8, 4) is 0 Å². The summed E-state index contributed by atoms with van der Waals surface area (Å²) in [5.41, 5.74) is 0. The van der Waals surface area contributed by atoms with Gasteiger partial charge in [-0.25, -0.2) is 0 Å². The molecule has 2 saturated carbocycles. The van der Waals surface area contributed by atoms with Crippen molar-refractivity contribution in [3.63, 3.8) is 0 Å². The fourth-order valence-corrected chi connectivity index (χ4v) is 3.06. The maximum Gasteiger partial charge on any atom is 0.0252 e. The smallest absolute Gasteiger partial charge is 0.0252 e. The molecule has 0 spiro atoms. The molecule has 16 heavy (non-hydrogen) atoms. The molecule has 2 atom stereocenters. The highest BCUT2D eigenvalue weighted by atomic mass is 15.2. The predicted octanol–water partition coefficient (Wildman–Crippen LogP) is 2.02. The summed E-state index contributed by atoms with van der Waals surface area (Å²) in [5.74, 6) is 1.99. The maximum atomic E-state index is 3.79. The summed E-state index contributed by atoms with van der Waals surface area (Å²) in [6.45, 7) is 5.83. The van der Waals surface area contributed by atoms with E-state index in [4.69, 9.17) is 0 Å². The summed E-state index contributed by atoms with van der Waals surface area (Å²) >= 11 is 0. The summed E-state index contributed by atoms with van der Waals surface area (Å²) in [7, 11) is 0. The second kappa shape index (κ2) is 4.50. The van der Waals surface area contributed by atoms with Crippen LogP contribution in [0.4, 0.5) is 0 Å². The normalized spacial score (nSPS) is 37.1. The molecule has 2 aliphatic carbocycles. The third-order valence-electron chi connectivity index (χ3n) is 4.42. The topological polar surface area (TPSA) is 15.3 Å². The van der Waals surface area contributed by atoms with E-state index in [0.717, 1.165) is 23.9 Å². The van der Waals surface area contributed by atoms with Gasteiger partial charge in [0.05, 0.1) is 0 Å². The van der Waals surface area contributed by atoms with Crippen LogP contribution in [0.3, 0.4) is 0 Å². The Bertz CT molecular complexity index is 266. The first-order valence-electron chi connectivity index (χ1n) is 6.97. The Morgan fingerprint density at radius 1 is 1.19 bits per heavy atom. The van der Waals surface area contributed by atoms with E-state index in [1.54, 1.807) is 0 Å². The van der Waals surface area contributed by atoms with Crippen LogP contribution in [0.1, 0.15) is 32.6 Å². The van der Waals surface area contributed by atoms with Crippen LogP contribution in [-0.2, 0) is 0 Å². The molecular formula is C14H24N2. The SMILES string of the molecule is C/C=C/CN1CC(C2CC2)NCC1C1CC1. The first-order chi connectivity index (χ1) is 7.88. The molecule has 0 aromatic carbocycles. The van der Waals surface area contributed by atoms with Gasteiger partial charge in [-0.3, -0.25) is 4.90 Å². The molecule has 3 fully saturated rings. The van der Waals surface area contributed by atoms with Gasteiger partial charge in [-0.1, -0.05) is 12.2 Å². The van der Waals surface area contributed by atoms with Crippen molar-refractivity contribution in [3.05, 3.63) is 12.2 Å². The monoisotopic (exact) mass is 220 g/mol. The highest BCUT2D eigenvalue weighted by molar-refractivity contribution is 5.00. The van der Waals surface area contributed by atoms with Gasteiger partial charge in [-0.05, 0) is 44.4 Å². The van der Waals surface area contributed by atoms with Crippen LogP contribution in [0.2, 0.25) is 0 Å². The van der Waals surface area contributed by atoms with Crippen molar-refractivity contribution in [1.29, 1.82) is 0 Å². The molecule has 3 aliphatic rings. The molecule has 0 amide bonds. The third-order valence-corrected chi connectivity index (χ3v) is 4.42. The van der Waals surface area contributed by atoms with Crippen molar-refractivity contribution in [2.75, 3.05) is 19.6 Å². The zero-order valence-corrected chi connectivity index (χ0v) is 10.4. The van der Waals surface area contributed by atoms with Gasteiger partial charge >= 0.3 is 0 Å². The minimum Gasteiger partial charge on any atom is -0.311 e. The molecule has 3 rings (SSSR count). The molecular weight excluding hydrogens is 196 g/mol. The van der Waals surface area contributed by atoms with E-state index in [1.807, 2.05) is 0 Å². The lowest BCUT2D eigenvalue weighted by Gasteiger charge is -2.40. The van der Waals surface area contributed by atoms with Crippen LogP contribution in [0.25, 0.3) is 0 Å². The van der Waals surface area contributed by atoms with Crippen molar-refractivity contribution >= 4 is 0 Å². The molecule has 2 unspecified atom stereocenters. The summed E-state index contributed by atoms with van der Waals surface area (Å²) in [6.07, 6.45) is 10.4. The van der Waals surface area contributed by atoms with Crippen LogP contribution in [0.5, 0.6) is 0 Å². The van der Waals surface area contributed by atoms with Crippen LogP contribution >= 0.6 is 0 Å². The van der Waals surface area contributed by atoms with E-state index in [0.29, 0.717) is 0 Å². The van der Waals surface area contributed by atoms with Crippen molar-refractivity contribution in [1.82, 2.24) is 10.2 Å². The number of hydrogen-bond acceptors (Lipinski definition) is 2. The fraction of sp³-hybridized carbons (Fsp3) is 0.857. The molecule has 90 valence electrons. The lowest BCUT2D eigenvalue weighted by atomic mass is 10.0. The van der Waals surface area contributed by atoms with Crippen molar-refractivity contribution < 1.29 is 0 Å². The third kappa shape index (κ3) is 2.33. The molecule has 0 aromatic rings. The number of hydrogen-bond donors (Lipinski definition) is 1. The molecule has 2 heteroatoms. The lowest BCUT2D eigenvalue weighted by molar-refractivity contribution is 0.121. The van der Waals surface area contributed by atoms with Crippen LogP contribution in [-0.4, -0.2) is 36.6 Å². The standard InChI is InChI=1S/C14H24N2/c1-2-3-8-16-10-13(11-4-5-11)15-9-14(16)12-6-7-12/h2-3,11-15H,4-10H2,1H3/b3-2+. The minimum atomic E-state index is 0.792. The van der Waals surface area contributed by atoms with Gasteiger partial charge in [-0.2, -0.15) is 0 Å². The Balaban J connectivity index is 1.61. The van der Waals surface area contributed by atoms with E-state index >= 15 is 0 Å². The Morgan fingerprint density at radius 3 is 2.56 bits per heavy atom. The first kappa shape index (κ1) is 10.8. The summed E-state index contributed by atoms with van der Waals surface area (Å²) in [6, 6.07) is 1.62. The summed E-state index contributed by atoms with van der Waals surface area (Å²) < 4.78 is 0. The average molecular weight is 220 g/mol. The second-order valence-corrected chi connectivity index (χ2v) is 5.78. The van der Waals surface area contributed by atoms with Gasteiger partial charge in [-0.15, -0.1) is 0 Å². The highest BCUT2D eigenvalue weighted by Gasteiger charge is 2.41. The number of allylic oxidation sites excluding steroid dienone is 1. The van der Waals surface area contributed by atoms with Crippen molar-refractivity contribution in [2.24, 2.45) is 11.8 Å². The maximum absolute atomic E-state index is 3.79. The first-order valence-corrected chi connectivity index (χ1v) is 6.97. The molecule has 1 aliphatic heterocycles. The van der Waals surface area contributed by atoms with Gasteiger partial charge in [0.25, 0.3) is 0 Å². The molecule has 0 bridgehead atoms. The lowest BCUT2D eigenvalue weighted by Crippen LogP contribution is -2.57. The van der Waals surface area contributed by atoms with Crippen LogP contribution < -0.4 is 5.32 Å². The summed E-state index contributed by atoms with van der Waals surface area (Å²) in [5, 5.41) is 3.79. The number of rotatable bonds is 4.